The van der Waals surface area contributed by atoms with Gasteiger partial charge in [-0.3, -0.25) is 4.79 Å². The third-order valence-corrected chi connectivity index (χ3v) is 4.92. The Morgan fingerprint density at radius 3 is 3.04 bits per heavy atom. The van der Waals surface area contributed by atoms with E-state index in [2.05, 4.69) is 21.9 Å². The number of rotatable bonds is 8. The van der Waals surface area contributed by atoms with Gasteiger partial charge in [-0.2, -0.15) is 0 Å². The van der Waals surface area contributed by atoms with E-state index in [0.29, 0.717) is 18.9 Å². The van der Waals surface area contributed by atoms with Crippen LogP contribution in [0.2, 0.25) is 0 Å². The van der Waals surface area contributed by atoms with E-state index in [1.807, 2.05) is 29.1 Å². The second kappa shape index (κ2) is 8.69. The quantitative estimate of drug-likeness (QED) is 0.745. The maximum atomic E-state index is 12.9. The van der Waals surface area contributed by atoms with Crippen LogP contribution in [0.5, 0.6) is 0 Å². The zero-order valence-electron chi connectivity index (χ0n) is 15.1. The van der Waals surface area contributed by atoms with Crippen molar-refractivity contribution in [1.82, 2.24) is 20.7 Å². The minimum Gasteiger partial charge on any atom is -0.358 e. The van der Waals surface area contributed by atoms with E-state index >= 15 is 0 Å². The van der Waals surface area contributed by atoms with E-state index < -0.39 is 0 Å². The number of carbonyl (C=O) groups excluding carboxylic acids is 1. The SMILES string of the molecule is CN(CCN1CC[C@H](CCCC2=CC=CNN2)C1=O)c1ccc(F)cn1. The molecule has 26 heavy (non-hydrogen) atoms. The molecule has 3 rings (SSSR count). The number of halogens is 1. The molecule has 140 valence electrons. The number of likely N-dealkylation sites (N-methyl/N-ethyl adjacent to an activating group) is 1. The maximum absolute atomic E-state index is 12.9. The molecule has 3 heterocycles. The molecular formula is C19H26FN5O. The summed E-state index contributed by atoms with van der Waals surface area (Å²) in [6.07, 6.45) is 10.9. The Bertz CT molecular complexity index is 673. The molecule has 2 aliphatic rings. The number of amides is 1. The lowest BCUT2D eigenvalue weighted by atomic mass is 10.00. The van der Waals surface area contributed by atoms with Gasteiger partial charge in [0.05, 0.1) is 6.20 Å². The number of nitrogens with zero attached hydrogens (tertiary/aromatic N) is 3. The fourth-order valence-corrected chi connectivity index (χ4v) is 3.35. The molecule has 0 spiro atoms. The van der Waals surface area contributed by atoms with Crippen LogP contribution < -0.4 is 15.8 Å². The average Bonchev–Trinajstić information content (AvgIpc) is 3.01. The fraction of sp³-hybridized carbons (Fsp3) is 0.474. The van der Waals surface area contributed by atoms with E-state index in [-0.39, 0.29) is 17.6 Å². The van der Waals surface area contributed by atoms with Crippen molar-refractivity contribution in [3.8, 4) is 0 Å². The van der Waals surface area contributed by atoms with Gasteiger partial charge in [0.15, 0.2) is 0 Å². The minimum absolute atomic E-state index is 0.136. The van der Waals surface area contributed by atoms with Crippen LogP contribution in [0.1, 0.15) is 25.7 Å². The largest absolute Gasteiger partial charge is 0.358 e. The lowest BCUT2D eigenvalue weighted by Gasteiger charge is -2.23. The predicted molar refractivity (Wildman–Crippen MR) is 99.5 cm³/mol. The summed E-state index contributed by atoms with van der Waals surface area (Å²) < 4.78 is 12.9. The van der Waals surface area contributed by atoms with Gasteiger partial charge >= 0.3 is 0 Å². The number of hydrogen-bond acceptors (Lipinski definition) is 5. The number of hydrogen-bond donors (Lipinski definition) is 2. The molecule has 1 atom stereocenters. The van der Waals surface area contributed by atoms with Gasteiger partial charge < -0.3 is 20.7 Å². The minimum atomic E-state index is -0.342. The van der Waals surface area contributed by atoms with Gasteiger partial charge in [-0.15, -0.1) is 0 Å². The molecule has 1 saturated heterocycles. The summed E-state index contributed by atoms with van der Waals surface area (Å²) in [6.45, 7) is 2.18. The molecule has 7 heteroatoms. The highest BCUT2D eigenvalue weighted by molar-refractivity contribution is 5.80. The van der Waals surface area contributed by atoms with Crippen molar-refractivity contribution in [2.45, 2.75) is 25.7 Å². The Kier molecular flexibility index (Phi) is 6.09. The van der Waals surface area contributed by atoms with Gasteiger partial charge in [0.2, 0.25) is 5.91 Å². The van der Waals surface area contributed by atoms with Crippen molar-refractivity contribution in [2.75, 3.05) is 31.6 Å². The first-order valence-corrected chi connectivity index (χ1v) is 9.12. The molecule has 1 aromatic rings. The number of carbonyl (C=O) groups is 1. The van der Waals surface area contributed by atoms with Crippen molar-refractivity contribution in [3.05, 3.63) is 48.2 Å². The number of likely N-dealkylation sites (tertiary alicyclic amines) is 1. The van der Waals surface area contributed by atoms with Gasteiger partial charge in [-0.25, -0.2) is 9.37 Å². The van der Waals surface area contributed by atoms with E-state index in [0.717, 1.165) is 37.9 Å². The maximum Gasteiger partial charge on any atom is 0.225 e. The molecule has 0 aromatic carbocycles. The highest BCUT2D eigenvalue weighted by Gasteiger charge is 2.30. The number of aromatic nitrogens is 1. The van der Waals surface area contributed by atoms with Crippen LogP contribution in [-0.2, 0) is 4.79 Å². The molecule has 1 fully saturated rings. The summed E-state index contributed by atoms with van der Waals surface area (Å²) in [6, 6.07) is 3.06. The first-order chi connectivity index (χ1) is 12.6. The van der Waals surface area contributed by atoms with E-state index in [4.69, 9.17) is 0 Å². The zero-order chi connectivity index (χ0) is 18.4. The van der Waals surface area contributed by atoms with Crippen LogP contribution in [0.4, 0.5) is 10.2 Å². The van der Waals surface area contributed by atoms with E-state index in [9.17, 15) is 9.18 Å². The highest BCUT2D eigenvalue weighted by atomic mass is 19.1. The second-order valence-electron chi connectivity index (χ2n) is 6.78. The zero-order valence-corrected chi connectivity index (χ0v) is 15.1. The fourth-order valence-electron chi connectivity index (χ4n) is 3.35. The Morgan fingerprint density at radius 2 is 2.31 bits per heavy atom. The molecule has 0 unspecified atom stereocenters. The Morgan fingerprint density at radius 1 is 1.42 bits per heavy atom. The normalized spacial score (nSPS) is 19.2. The predicted octanol–water partition coefficient (Wildman–Crippen LogP) is 2.18. The molecule has 0 saturated carbocycles. The van der Waals surface area contributed by atoms with Gasteiger partial charge in [0, 0.05) is 44.5 Å². The molecule has 1 aromatic heterocycles. The Balaban J connectivity index is 1.40. The number of anilines is 1. The third-order valence-electron chi connectivity index (χ3n) is 4.92. The van der Waals surface area contributed by atoms with Crippen molar-refractivity contribution in [3.63, 3.8) is 0 Å². The summed E-state index contributed by atoms with van der Waals surface area (Å²) in [7, 11) is 1.91. The Hall–Kier alpha value is -2.57. The molecule has 0 bridgehead atoms. The van der Waals surface area contributed by atoms with Crippen LogP contribution >= 0.6 is 0 Å². The molecule has 1 amide bonds. The van der Waals surface area contributed by atoms with E-state index in [1.54, 1.807) is 6.07 Å². The monoisotopic (exact) mass is 359 g/mol. The molecule has 0 radical (unpaired) electrons. The van der Waals surface area contributed by atoms with E-state index in [1.165, 1.54) is 12.3 Å². The lowest BCUT2D eigenvalue weighted by Crippen LogP contribution is -2.35. The molecule has 2 N–H and O–H groups in total. The third kappa shape index (κ3) is 4.74. The first-order valence-electron chi connectivity index (χ1n) is 9.12. The smallest absolute Gasteiger partial charge is 0.225 e. The lowest BCUT2D eigenvalue weighted by molar-refractivity contribution is -0.131. The topological polar surface area (TPSA) is 60.5 Å². The highest BCUT2D eigenvalue weighted by Crippen LogP contribution is 2.24. The van der Waals surface area contributed by atoms with Gasteiger partial charge in [-0.05, 0) is 50.0 Å². The van der Waals surface area contributed by atoms with Crippen molar-refractivity contribution in [1.29, 1.82) is 0 Å². The van der Waals surface area contributed by atoms with Crippen molar-refractivity contribution >= 4 is 11.7 Å². The number of hydrazine groups is 1. The van der Waals surface area contributed by atoms with Crippen LogP contribution in [0.25, 0.3) is 0 Å². The van der Waals surface area contributed by atoms with Crippen LogP contribution in [0, 0.1) is 11.7 Å². The van der Waals surface area contributed by atoms with Gasteiger partial charge in [0.1, 0.15) is 11.6 Å². The summed E-state index contributed by atoms with van der Waals surface area (Å²) >= 11 is 0. The first kappa shape index (κ1) is 18.2. The summed E-state index contributed by atoms with van der Waals surface area (Å²) in [5, 5.41) is 0. The Labute approximate surface area is 153 Å². The van der Waals surface area contributed by atoms with Crippen LogP contribution in [0.15, 0.2) is 42.4 Å². The molecule has 6 nitrogen and oxygen atoms in total. The van der Waals surface area contributed by atoms with Crippen molar-refractivity contribution < 1.29 is 9.18 Å². The number of pyridine rings is 1. The standard InChI is InChI=1S/C19H26FN5O/c1-24(18-8-7-16(20)14-21-18)12-13-25-11-9-15(19(25)26)4-2-5-17-6-3-10-22-23-17/h3,6-8,10,14-15,22-23H,2,4-5,9,11-13H2,1H3/t15-/m0/s1. The van der Waals surface area contributed by atoms with Crippen LogP contribution in [-0.4, -0.2) is 42.5 Å². The second-order valence-corrected chi connectivity index (χ2v) is 6.78. The molecule has 2 aliphatic heterocycles. The number of allylic oxidation sites excluding steroid dienone is 3. The average molecular weight is 359 g/mol. The van der Waals surface area contributed by atoms with Gasteiger partial charge in [-0.1, -0.05) is 0 Å². The van der Waals surface area contributed by atoms with Crippen LogP contribution in [0.3, 0.4) is 0 Å². The summed E-state index contributed by atoms with van der Waals surface area (Å²) in [4.78, 5) is 20.5. The molecule has 0 aliphatic carbocycles. The summed E-state index contributed by atoms with van der Waals surface area (Å²) in [5.74, 6) is 0.766. The van der Waals surface area contributed by atoms with Crippen molar-refractivity contribution in [2.24, 2.45) is 5.92 Å². The van der Waals surface area contributed by atoms with Gasteiger partial charge in [0.25, 0.3) is 0 Å². The number of nitrogens with one attached hydrogen (secondary N) is 2. The molecular weight excluding hydrogens is 333 g/mol. The summed E-state index contributed by atoms with van der Waals surface area (Å²) in [5.41, 5.74) is 7.23.